The van der Waals surface area contributed by atoms with Crippen molar-refractivity contribution in [2.45, 2.75) is 123 Å². The summed E-state index contributed by atoms with van der Waals surface area (Å²) in [5.74, 6) is -5.11. The normalized spacial score (nSPS) is 27.2. The van der Waals surface area contributed by atoms with Gasteiger partial charge in [0.25, 0.3) is 0 Å². The molecule has 1 aromatic rings. The van der Waals surface area contributed by atoms with E-state index in [9.17, 15) is 33.6 Å². The van der Waals surface area contributed by atoms with Crippen LogP contribution < -0.4 is 0 Å². The largest absolute Gasteiger partial charge is 0.463 e. The summed E-state index contributed by atoms with van der Waals surface area (Å²) in [6.07, 6.45) is -11.7. The predicted octanol–water partition coefficient (Wildman–Crippen LogP) is 1.63. The molecule has 17 heteroatoms. The number of esters is 7. The maximum absolute atomic E-state index is 12.6. The fourth-order valence-electron chi connectivity index (χ4n) is 5.58. The summed E-state index contributed by atoms with van der Waals surface area (Å²) in [6.45, 7) is 5.84. The molecule has 17 nitrogen and oxygen atoms in total. The van der Waals surface area contributed by atoms with Crippen molar-refractivity contribution >= 4 is 41.8 Å². The second-order valence-electron chi connectivity index (χ2n) is 11.8. The Hall–Kier alpha value is -4.61. The van der Waals surface area contributed by atoms with Crippen LogP contribution in [0.1, 0.15) is 66.4 Å². The molecule has 2 fully saturated rings. The van der Waals surface area contributed by atoms with Gasteiger partial charge in [0, 0.05) is 54.4 Å². The van der Waals surface area contributed by atoms with Crippen molar-refractivity contribution in [3.05, 3.63) is 35.9 Å². The monoisotopic (exact) mass is 724 g/mol. The van der Waals surface area contributed by atoms with Gasteiger partial charge >= 0.3 is 41.8 Å². The highest BCUT2D eigenvalue weighted by molar-refractivity contribution is 5.70. The van der Waals surface area contributed by atoms with E-state index in [1.807, 2.05) is 30.3 Å². The Labute approximate surface area is 294 Å². The summed E-state index contributed by atoms with van der Waals surface area (Å²) in [4.78, 5) is 85.1. The zero-order chi connectivity index (χ0) is 37.7. The molecule has 0 N–H and O–H groups in total. The molecule has 51 heavy (non-hydrogen) atoms. The molecule has 0 radical (unpaired) electrons. The van der Waals surface area contributed by atoms with Gasteiger partial charge in [-0.25, -0.2) is 0 Å². The van der Waals surface area contributed by atoms with E-state index < -0.39 is 110 Å². The first kappa shape index (κ1) is 40.8. The van der Waals surface area contributed by atoms with Crippen LogP contribution in [0.3, 0.4) is 0 Å². The smallest absolute Gasteiger partial charge is 0.306 e. The maximum atomic E-state index is 12.6. The van der Waals surface area contributed by atoms with Crippen molar-refractivity contribution in [1.82, 2.24) is 0 Å². The highest BCUT2D eigenvalue weighted by atomic mass is 16.7. The molecule has 1 aromatic carbocycles. The first-order valence-electron chi connectivity index (χ1n) is 16.2. The zero-order valence-corrected chi connectivity index (χ0v) is 29.3. The summed E-state index contributed by atoms with van der Waals surface area (Å²) in [7, 11) is 0. The summed E-state index contributed by atoms with van der Waals surface area (Å²) < 4.78 is 56.3. The quantitative estimate of drug-likeness (QED) is 0.186. The van der Waals surface area contributed by atoms with Crippen LogP contribution in [0.25, 0.3) is 0 Å². The Morgan fingerprint density at radius 3 is 1.69 bits per heavy atom. The minimum absolute atomic E-state index is 0.00193. The van der Waals surface area contributed by atoms with Crippen molar-refractivity contribution < 1.29 is 80.9 Å². The van der Waals surface area contributed by atoms with Crippen LogP contribution in [0.4, 0.5) is 0 Å². The lowest BCUT2D eigenvalue weighted by atomic mass is 9.94. The van der Waals surface area contributed by atoms with Crippen LogP contribution in [0.5, 0.6) is 0 Å². The van der Waals surface area contributed by atoms with Crippen molar-refractivity contribution in [3.63, 3.8) is 0 Å². The van der Waals surface area contributed by atoms with Crippen molar-refractivity contribution in [2.75, 3.05) is 13.2 Å². The molecule has 2 saturated heterocycles. The Kier molecular flexibility index (Phi) is 15.8. The second-order valence-corrected chi connectivity index (χ2v) is 11.8. The fourth-order valence-corrected chi connectivity index (χ4v) is 5.58. The van der Waals surface area contributed by atoms with Gasteiger partial charge in [-0.15, -0.1) is 0 Å². The first-order chi connectivity index (χ1) is 24.1. The van der Waals surface area contributed by atoms with E-state index in [0.717, 1.165) is 40.2 Å². The molecule has 0 aromatic heterocycles. The standard InChI is InChI=1S/C34H44O17/c1-18(35)42-16-27-30(26(45-20(3)37)14-25(49-27)12-13-29(41)44-15-24-10-8-7-9-11-24)51-34-33(48-23(6)40)32(47-22(5)39)31(46-21(4)38)28(50-34)17-43-19(2)36/h7-11,25-28,30-34H,12-17H2,1-6H3/t25-,26-,27-,28-,30+,31-,32+,33-,34-/m1/s1. The molecule has 2 aliphatic rings. The van der Waals surface area contributed by atoms with Crippen LogP contribution in [-0.4, -0.2) is 110 Å². The number of ether oxygens (including phenoxy) is 10. The lowest BCUT2D eigenvalue weighted by Gasteiger charge is -2.47. The molecule has 0 bridgehead atoms. The van der Waals surface area contributed by atoms with E-state index >= 15 is 0 Å². The van der Waals surface area contributed by atoms with Crippen LogP contribution in [0, 0.1) is 0 Å². The molecule has 2 heterocycles. The van der Waals surface area contributed by atoms with Gasteiger partial charge in [-0.3, -0.25) is 33.6 Å². The highest BCUT2D eigenvalue weighted by Gasteiger charge is 2.55. The van der Waals surface area contributed by atoms with Crippen LogP contribution in [-0.2, 0) is 87.5 Å². The van der Waals surface area contributed by atoms with Gasteiger partial charge in [0.05, 0.1) is 6.10 Å². The SMILES string of the molecule is CC(=O)OC[C@H]1O[C@H](CCC(=O)OCc2ccccc2)C[C@@H](OC(C)=O)[C@@H]1O[C@H]1O[C@H](COC(C)=O)[C@@H](OC(C)=O)[C@H](OC(C)=O)[C@H]1OC(C)=O. The van der Waals surface area contributed by atoms with Crippen LogP contribution in [0.2, 0.25) is 0 Å². The minimum atomic E-state index is -1.65. The highest BCUT2D eigenvalue weighted by Crippen LogP contribution is 2.35. The lowest BCUT2D eigenvalue weighted by molar-refractivity contribution is -0.337. The fraction of sp³-hybridized carbons (Fsp3) is 0.618. The van der Waals surface area contributed by atoms with Gasteiger partial charge in [-0.1, -0.05) is 30.3 Å². The van der Waals surface area contributed by atoms with Gasteiger partial charge in [0.15, 0.2) is 24.6 Å². The van der Waals surface area contributed by atoms with Crippen molar-refractivity contribution in [3.8, 4) is 0 Å². The van der Waals surface area contributed by atoms with Gasteiger partial charge in [-0.05, 0) is 12.0 Å². The van der Waals surface area contributed by atoms with Crippen LogP contribution >= 0.6 is 0 Å². The molecule has 0 saturated carbocycles. The van der Waals surface area contributed by atoms with Gasteiger partial charge < -0.3 is 47.4 Å². The third-order valence-electron chi connectivity index (χ3n) is 7.52. The number of hydrogen-bond acceptors (Lipinski definition) is 17. The summed E-state index contributed by atoms with van der Waals surface area (Å²) in [5.41, 5.74) is 0.804. The van der Waals surface area contributed by atoms with E-state index in [-0.39, 0.29) is 25.9 Å². The number of carbonyl (C=O) groups excluding carboxylic acids is 7. The molecule has 282 valence electrons. The van der Waals surface area contributed by atoms with E-state index in [1.165, 1.54) is 6.92 Å². The number of carbonyl (C=O) groups is 7. The lowest BCUT2D eigenvalue weighted by Crippen LogP contribution is -2.65. The van der Waals surface area contributed by atoms with E-state index in [0.29, 0.717) is 0 Å². The second kappa shape index (κ2) is 19.7. The summed E-state index contributed by atoms with van der Waals surface area (Å²) in [6, 6.07) is 9.10. The Balaban J connectivity index is 1.92. The predicted molar refractivity (Wildman–Crippen MR) is 168 cm³/mol. The first-order valence-corrected chi connectivity index (χ1v) is 16.2. The third kappa shape index (κ3) is 13.6. The Morgan fingerprint density at radius 2 is 1.14 bits per heavy atom. The molecule has 9 atom stereocenters. The molecule has 0 spiro atoms. The van der Waals surface area contributed by atoms with Crippen molar-refractivity contribution in [1.29, 1.82) is 0 Å². The van der Waals surface area contributed by atoms with E-state index in [1.54, 1.807) is 0 Å². The Bertz CT molecular complexity index is 1380. The Morgan fingerprint density at radius 1 is 0.608 bits per heavy atom. The molecule has 2 aliphatic heterocycles. The molecular formula is C34H44O17. The molecule has 0 amide bonds. The molecule has 3 rings (SSSR count). The van der Waals surface area contributed by atoms with Crippen LogP contribution in [0.15, 0.2) is 30.3 Å². The van der Waals surface area contributed by atoms with Gasteiger partial charge in [0.2, 0.25) is 0 Å². The number of rotatable bonds is 15. The van der Waals surface area contributed by atoms with Gasteiger partial charge in [0.1, 0.15) is 44.2 Å². The van der Waals surface area contributed by atoms with E-state index in [2.05, 4.69) is 0 Å². The summed E-state index contributed by atoms with van der Waals surface area (Å²) >= 11 is 0. The third-order valence-corrected chi connectivity index (χ3v) is 7.52. The molecular weight excluding hydrogens is 680 g/mol. The average molecular weight is 725 g/mol. The zero-order valence-electron chi connectivity index (χ0n) is 29.3. The average Bonchev–Trinajstić information content (AvgIpc) is 3.04. The number of hydrogen-bond donors (Lipinski definition) is 0. The molecule has 0 aliphatic carbocycles. The van der Waals surface area contributed by atoms with Gasteiger partial charge in [-0.2, -0.15) is 0 Å². The number of benzene rings is 1. The topological polar surface area (TPSA) is 212 Å². The van der Waals surface area contributed by atoms with Crippen molar-refractivity contribution in [2.24, 2.45) is 0 Å². The summed E-state index contributed by atoms with van der Waals surface area (Å²) in [5, 5.41) is 0. The maximum Gasteiger partial charge on any atom is 0.306 e. The minimum Gasteiger partial charge on any atom is -0.463 e. The van der Waals surface area contributed by atoms with E-state index in [4.69, 9.17) is 47.4 Å². The molecule has 0 unspecified atom stereocenters.